The fourth-order valence-electron chi connectivity index (χ4n) is 0.421. The van der Waals surface area contributed by atoms with E-state index >= 15 is 0 Å². The van der Waals surface area contributed by atoms with Crippen molar-refractivity contribution in [2.45, 2.75) is 0 Å². The lowest BCUT2D eigenvalue weighted by molar-refractivity contribution is 1.01. The van der Waals surface area contributed by atoms with Gasteiger partial charge in [-0.2, -0.15) is 15.0 Å². The summed E-state index contributed by atoms with van der Waals surface area (Å²) < 4.78 is 0. The van der Waals surface area contributed by atoms with E-state index in [0.717, 1.165) is 0 Å². The maximum Gasteiger partial charge on any atom is 0.250 e. The minimum atomic E-state index is -0.0730. The fraction of sp³-hybridized carbons (Fsp3) is 0. The number of hydrogen-bond donors (Lipinski definition) is 1. The van der Waals surface area contributed by atoms with Crippen molar-refractivity contribution in [2.75, 3.05) is 5.43 Å². The molecule has 1 aromatic rings. The maximum absolute atomic E-state index is 8.03. The van der Waals surface area contributed by atoms with Gasteiger partial charge in [-0.3, -0.25) is 0 Å². The van der Waals surface area contributed by atoms with Crippen LogP contribution in [0, 0.1) is 0 Å². The van der Waals surface area contributed by atoms with Gasteiger partial charge in [-0.15, -0.1) is 0 Å². The molecule has 0 aliphatic carbocycles. The first kappa shape index (κ1) is 8.09. The van der Waals surface area contributed by atoms with Crippen molar-refractivity contribution in [3.63, 3.8) is 0 Å². The van der Waals surface area contributed by atoms with Crippen molar-refractivity contribution in [2.24, 2.45) is 5.22 Å². The van der Waals surface area contributed by atoms with Gasteiger partial charge in [-0.1, -0.05) is 0 Å². The summed E-state index contributed by atoms with van der Waals surface area (Å²) >= 11 is 10.8. The molecule has 1 N–H and O–H groups in total. The maximum atomic E-state index is 8.03. The van der Waals surface area contributed by atoms with E-state index in [0.29, 0.717) is 0 Å². The number of anilines is 1. The Labute approximate surface area is 71.5 Å². The fourth-order valence-corrected chi connectivity index (χ4v) is 0.784. The summed E-state index contributed by atoms with van der Waals surface area (Å²) in [6, 6.07) is 0. The molecule has 0 aromatic carbocycles. The lowest BCUT2D eigenvalue weighted by Crippen LogP contribution is -1.97. The largest absolute Gasteiger partial charge is 0.250 e. The average molecular weight is 192 g/mol. The number of rotatable bonds is 2. The molecule has 0 aliphatic heterocycles. The number of nitrogens with zero attached hydrogens (tertiary/aromatic N) is 5. The zero-order chi connectivity index (χ0) is 8.27. The first-order valence-corrected chi connectivity index (χ1v) is 3.15. The first-order chi connectivity index (χ1) is 5.22. The third-order valence-electron chi connectivity index (χ3n) is 0.731. The molecule has 8 heteroatoms. The first-order valence-electron chi connectivity index (χ1n) is 2.39. The van der Waals surface area contributed by atoms with Gasteiger partial charge >= 0.3 is 0 Å². The van der Waals surface area contributed by atoms with Gasteiger partial charge in [-0.05, 0) is 34.0 Å². The van der Waals surface area contributed by atoms with Crippen molar-refractivity contribution < 1.29 is 0 Å². The molecular formula is C3HCl2N6. The third-order valence-corrected chi connectivity index (χ3v) is 1.07. The van der Waals surface area contributed by atoms with Crippen LogP contribution in [0.1, 0.15) is 0 Å². The van der Waals surface area contributed by atoms with Crippen molar-refractivity contribution >= 4 is 29.2 Å². The number of hydrogen-bond acceptors (Lipinski definition) is 4. The van der Waals surface area contributed by atoms with Gasteiger partial charge in [0.1, 0.15) is 0 Å². The Morgan fingerprint density at radius 1 is 1.18 bits per heavy atom. The van der Waals surface area contributed by atoms with E-state index in [-0.39, 0.29) is 16.5 Å². The van der Waals surface area contributed by atoms with Gasteiger partial charge in [0.2, 0.25) is 10.6 Å². The molecule has 1 rings (SSSR count). The summed E-state index contributed by atoms with van der Waals surface area (Å²) in [5, 5.41) is 2.42. The minimum absolute atomic E-state index is 0.0162. The SMILES string of the molecule is [N]=NNc1nc(Cl)nc(Cl)n1. The van der Waals surface area contributed by atoms with Crippen LogP contribution >= 0.6 is 23.2 Å². The molecule has 0 bridgehead atoms. The molecule has 11 heavy (non-hydrogen) atoms. The van der Waals surface area contributed by atoms with Gasteiger partial charge in [0, 0.05) is 0 Å². The normalized spacial score (nSPS) is 9.27. The minimum Gasteiger partial charge on any atom is -0.224 e. The summed E-state index contributed by atoms with van der Waals surface area (Å²) in [6.45, 7) is 0. The van der Waals surface area contributed by atoms with Crippen LogP contribution in [0.5, 0.6) is 0 Å². The number of halogens is 2. The van der Waals surface area contributed by atoms with Crippen LogP contribution in [0.4, 0.5) is 5.95 Å². The van der Waals surface area contributed by atoms with E-state index in [1.807, 2.05) is 5.43 Å². The summed E-state index contributed by atoms with van der Waals surface area (Å²) in [5.41, 5.74) is 10.1. The molecule has 1 aromatic heterocycles. The van der Waals surface area contributed by atoms with E-state index in [1.165, 1.54) is 0 Å². The summed E-state index contributed by atoms with van der Waals surface area (Å²) in [7, 11) is 0. The lowest BCUT2D eigenvalue weighted by Gasteiger charge is -1.95. The van der Waals surface area contributed by atoms with Crippen LogP contribution in [-0.4, -0.2) is 15.0 Å². The molecule has 0 unspecified atom stereocenters. The second kappa shape index (κ2) is 3.40. The molecule has 0 spiro atoms. The molecular weight excluding hydrogens is 191 g/mol. The van der Waals surface area contributed by atoms with Crippen LogP contribution in [-0.2, 0) is 0 Å². The van der Waals surface area contributed by atoms with E-state index in [1.54, 1.807) is 0 Å². The molecule has 57 valence electrons. The monoisotopic (exact) mass is 191 g/mol. The molecule has 1 heterocycles. The summed E-state index contributed by atoms with van der Waals surface area (Å²) in [5.74, 6) is -0.0162. The topological polar surface area (TPSA) is 85.4 Å². The highest BCUT2D eigenvalue weighted by atomic mass is 35.5. The smallest absolute Gasteiger partial charge is 0.224 e. The molecule has 0 saturated carbocycles. The lowest BCUT2D eigenvalue weighted by atomic mass is 10.9. The van der Waals surface area contributed by atoms with Crippen LogP contribution in [0.2, 0.25) is 10.6 Å². The second-order valence-electron chi connectivity index (χ2n) is 1.41. The van der Waals surface area contributed by atoms with E-state index < -0.39 is 0 Å². The Morgan fingerprint density at radius 3 is 2.18 bits per heavy atom. The van der Waals surface area contributed by atoms with Gasteiger partial charge in [0.25, 0.3) is 5.95 Å². The predicted molar refractivity (Wildman–Crippen MR) is 38.0 cm³/mol. The van der Waals surface area contributed by atoms with Crippen molar-refractivity contribution in [3.05, 3.63) is 10.6 Å². The molecule has 0 aliphatic rings. The van der Waals surface area contributed by atoms with Crippen LogP contribution in [0.3, 0.4) is 0 Å². The van der Waals surface area contributed by atoms with Gasteiger partial charge in [0.15, 0.2) is 0 Å². The van der Waals surface area contributed by atoms with Gasteiger partial charge in [0.05, 0.1) is 0 Å². The molecule has 6 nitrogen and oxygen atoms in total. The second-order valence-corrected chi connectivity index (χ2v) is 2.09. The van der Waals surface area contributed by atoms with Gasteiger partial charge < -0.3 is 0 Å². The molecule has 0 saturated heterocycles. The Kier molecular flexibility index (Phi) is 2.50. The Bertz CT molecular complexity index is 254. The molecule has 0 atom stereocenters. The summed E-state index contributed by atoms with van der Waals surface area (Å²) in [6.07, 6.45) is 0. The van der Waals surface area contributed by atoms with E-state index in [4.69, 9.17) is 28.7 Å². The zero-order valence-corrected chi connectivity index (χ0v) is 6.50. The standard InChI is InChI=1S/C3HCl2N6/c4-1-7-2(5)9-3(8-1)10-11-6/h(H,7,8,9,10). The molecule has 0 amide bonds. The van der Waals surface area contributed by atoms with Crippen LogP contribution < -0.4 is 11.0 Å². The quantitative estimate of drug-likeness (QED) is 0.553. The Balaban J connectivity index is 2.98. The predicted octanol–water partition coefficient (Wildman–Crippen LogP) is 0.758. The van der Waals surface area contributed by atoms with E-state index in [9.17, 15) is 0 Å². The third kappa shape index (κ3) is 2.24. The highest BCUT2D eigenvalue weighted by molar-refractivity contribution is 6.31. The van der Waals surface area contributed by atoms with E-state index in [2.05, 4.69) is 20.2 Å². The molecule has 1 radical (unpaired) electrons. The van der Waals surface area contributed by atoms with Crippen LogP contribution in [0.15, 0.2) is 5.22 Å². The average Bonchev–Trinajstić information content (AvgIpc) is 1.85. The van der Waals surface area contributed by atoms with Crippen molar-refractivity contribution in [1.82, 2.24) is 20.5 Å². The Hall–Kier alpha value is -1.01. The summed E-state index contributed by atoms with van der Waals surface area (Å²) in [4.78, 5) is 10.5. The van der Waals surface area contributed by atoms with Crippen molar-refractivity contribution in [1.29, 1.82) is 0 Å². The highest BCUT2D eigenvalue weighted by Crippen LogP contribution is 2.08. The number of nitrogens with one attached hydrogen (secondary N) is 1. The Morgan fingerprint density at radius 2 is 1.73 bits per heavy atom. The zero-order valence-electron chi connectivity index (χ0n) is 4.99. The van der Waals surface area contributed by atoms with Crippen LogP contribution in [0.25, 0.3) is 0 Å². The highest BCUT2D eigenvalue weighted by Gasteiger charge is 2.00. The molecule has 0 fully saturated rings. The van der Waals surface area contributed by atoms with Gasteiger partial charge in [-0.25, -0.2) is 5.43 Å². The van der Waals surface area contributed by atoms with Crippen molar-refractivity contribution in [3.8, 4) is 0 Å². The number of aromatic nitrogens is 3.